The highest BCUT2D eigenvalue weighted by Gasteiger charge is 1.99. The molecule has 0 saturated carbocycles. The van der Waals surface area contributed by atoms with Gasteiger partial charge < -0.3 is 10.6 Å². The van der Waals surface area contributed by atoms with E-state index in [9.17, 15) is 4.79 Å². The Bertz CT molecular complexity index is 656. The van der Waals surface area contributed by atoms with Crippen LogP contribution in [0.2, 0.25) is 0 Å². The SMILES string of the molecule is CCC(=O)Nc1ccc(NCc2cccc(C#N)c2)cc1. The first-order valence-corrected chi connectivity index (χ1v) is 6.84. The number of nitriles is 1. The summed E-state index contributed by atoms with van der Waals surface area (Å²) in [6, 6.07) is 17.2. The predicted octanol–water partition coefficient (Wildman–Crippen LogP) is 3.52. The molecule has 0 saturated heterocycles. The molecule has 1 amide bonds. The summed E-state index contributed by atoms with van der Waals surface area (Å²) in [6.45, 7) is 2.47. The van der Waals surface area contributed by atoms with E-state index in [1.807, 2.05) is 49.4 Å². The van der Waals surface area contributed by atoms with Gasteiger partial charge in [0.25, 0.3) is 0 Å². The summed E-state index contributed by atoms with van der Waals surface area (Å²) in [5, 5.41) is 15.0. The average Bonchev–Trinajstić information content (AvgIpc) is 2.54. The van der Waals surface area contributed by atoms with Crippen LogP contribution in [0.3, 0.4) is 0 Å². The standard InChI is InChI=1S/C17H17N3O/c1-2-17(21)20-16-8-6-15(7-9-16)19-12-14-5-3-4-13(10-14)11-18/h3-10,19H,2,12H2,1H3,(H,20,21). The zero-order valence-corrected chi connectivity index (χ0v) is 11.9. The number of rotatable bonds is 5. The zero-order valence-electron chi connectivity index (χ0n) is 11.9. The molecule has 0 aromatic heterocycles. The first kappa shape index (κ1) is 14.6. The summed E-state index contributed by atoms with van der Waals surface area (Å²) in [5.41, 5.74) is 3.47. The Morgan fingerprint density at radius 3 is 2.52 bits per heavy atom. The first-order valence-electron chi connectivity index (χ1n) is 6.84. The number of amides is 1. The molecule has 2 N–H and O–H groups in total. The predicted molar refractivity (Wildman–Crippen MR) is 83.8 cm³/mol. The third kappa shape index (κ3) is 4.36. The van der Waals surface area contributed by atoms with Gasteiger partial charge in [-0.05, 0) is 42.0 Å². The molecule has 0 atom stereocenters. The number of carbonyl (C=O) groups excluding carboxylic acids is 1. The van der Waals surface area contributed by atoms with Crippen molar-refractivity contribution >= 4 is 17.3 Å². The molecule has 2 rings (SSSR count). The van der Waals surface area contributed by atoms with E-state index in [-0.39, 0.29) is 5.91 Å². The van der Waals surface area contributed by atoms with Crippen LogP contribution < -0.4 is 10.6 Å². The van der Waals surface area contributed by atoms with Crippen molar-refractivity contribution in [2.24, 2.45) is 0 Å². The van der Waals surface area contributed by atoms with Gasteiger partial charge in [0, 0.05) is 24.3 Å². The smallest absolute Gasteiger partial charge is 0.224 e. The lowest BCUT2D eigenvalue weighted by atomic mass is 10.1. The van der Waals surface area contributed by atoms with Crippen molar-refractivity contribution in [1.82, 2.24) is 0 Å². The average molecular weight is 279 g/mol. The molecule has 0 bridgehead atoms. The maximum atomic E-state index is 11.3. The van der Waals surface area contributed by atoms with Gasteiger partial charge in [0.15, 0.2) is 0 Å². The van der Waals surface area contributed by atoms with Gasteiger partial charge in [-0.15, -0.1) is 0 Å². The first-order chi connectivity index (χ1) is 10.2. The Morgan fingerprint density at radius 2 is 1.86 bits per heavy atom. The van der Waals surface area contributed by atoms with Gasteiger partial charge in [0.2, 0.25) is 5.91 Å². The minimum absolute atomic E-state index is 0.00373. The van der Waals surface area contributed by atoms with Crippen LogP contribution in [0.4, 0.5) is 11.4 Å². The number of carbonyl (C=O) groups is 1. The number of hydrogen-bond acceptors (Lipinski definition) is 3. The summed E-state index contributed by atoms with van der Waals surface area (Å²) in [4.78, 5) is 11.3. The normalized spacial score (nSPS) is 9.71. The molecule has 106 valence electrons. The van der Waals surface area contributed by atoms with Crippen molar-refractivity contribution in [2.45, 2.75) is 19.9 Å². The van der Waals surface area contributed by atoms with Crippen molar-refractivity contribution < 1.29 is 4.79 Å². The summed E-state index contributed by atoms with van der Waals surface area (Å²) in [6.07, 6.45) is 0.467. The van der Waals surface area contributed by atoms with E-state index in [2.05, 4.69) is 16.7 Å². The van der Waals surface area contributed by atoms with E-state index >= 15 is 0 Å². The Kier molecular flexibility index (Phi) is 4.94. The number of benzene rings is 2. The van der Waals surface area contributed by atoms with Crippen LogP contribution in [0.1, 0.15) is 24.5 Å². The van der Waals surface area contributed by atoms with Crippen molar-refractivity contribution in [3.63, 3.8) is 0 Å². The summed E-state index contributed by atoms with van der Waals surface area (Å²) < 4.78 is 0. The fourth-order valence-corrected chi connectivity index (χ4v) is 1.88. The third-order valence-corrected chi connectivity index (χ3v) is 3.04. The highest BCUT2D eigenvalue weighted by Crippen LogP contribution is 2.15. The third-order valence-electron chi connectivity index (χ3n) is 3.04. The van der Waals surface area contributed by atoms with Crippen LogP contribution in [-0.2, 0) is 11.3 Å². The molecule has 0 aliphatic carbocycles. The molecule has 0 unspecified atom stereocenters. The van der Waals surface area contributed by atoms with E-state index in [4.69, 9.17) is 5.26 Å². The molecular formula is C17H17N3O. The second-order valence-corrected chi connectivity index (χ2v) is 4.64. The van der Waals surface area contributed by atoms with E-state index in [0.717, 1.165) is 16.9 Å². The molecule has 2 aromatic carbocycles. The minimum atomic E-state index is 0.00373. The molecule has 0 radical (unpaired) electrons. The summed E-state index contributed by atoms with van der Waals surface area (Å²) in [5.74, 6) is 0.00373. The Hall–Kier alpha value is -2.80. The maximum absolute atomic E-state index is 11.3. The van der Waals surface area contributed by atoms with Crippen LogP contribution >= 0.6 is 0 Å². The highest BCUT2D eigenvalue weighted by atomic mass is 16.1. The maximum Gasteiger partial charge on any atom is 0.224 e. The van der Waals surface area contributed by atoms with E-state index in [1.54, 1.807) is 6.07 Å². The van der Waals surface area contributed by atoms with Crippen LogP contribution in [0, 0.1) is 11.3 Å². The minimum Gasteiger partial charge on any atom is -0.381 e. The van der Waals surface area contributed by atoms with Crippen molar-refractivity contribution in [1.29, 1.82) is 5.26 Å². The van der Waals surface area contributed by atoms with E-state index in [0.29, 0.717) is 18.5 Å². The van der Waals surface area contributed by atoms with Gasteiger partial charge in [-0.2, -0.15) is 5.26 Å². The lowest BCUT2D eigenvalue weighted by Gasteiger charge is -2.08. The fourth-order valence-electron chi connectivity index (χ4n) is 1.88. The van der Waals surface area contributed by atoms with Gasteiger partial charge in [-0.1, -0.05) is 19.1 Å². The molecule has 0 heterocycles. The lowest BCUT2D eigenvalue weighted by Crippen LogP contribution is -2.09. The molecule has 4 heteroatoms. The van der Waals surface area contributed by atoms with Crippen molar-refractivity contribution in [2.75, 3.05) is 10.6 Å². The molecule has 21 heavy (non-hydrogen) atoms. The number of hydrogen-bond donors (Lipinski definition) is 2. The largest absolute Gasteiger partial charge is 0.381 e. The molecule has 2 aromatic rings. The quantitative estimate of drug-likeness (QED) is 0.880. The highest BCUT2D eigenvalue weighted by molar-refractivity contribution is 5.90. The monoisotopic (exact) mass is 279 g/mol. The van der Waals surface area contributed by atoms with Crippen molar-refractivity contribution in [3.05, 3.63) is 59.7 Å². The Labute approximate surface area is 124 Å². The van der Waals surface area contributed by atoms with Gasteiger partial charge >= 0.3 is 0 Å². The summed E-state index contributed by atoms with van der Waals surface area (Å²) in [7, 11) is 0. The molecule has 0 spiro atoms. The van der Waals surface area contributed by atoms with Gasteiger partial charge in [-0.3, -0.25) is 4.79 Å². The number of nitrogens with zero attached hydrogens (tertiary/aromatic N) is 1. The van der Waals surface area contributed by atoms with Crippen LogP contribution in [0.15, 0.2) is 48.5 Å². The van der Waals surface area contributed by atoms with Gasteiger partial charge in [-0.25, -0.2) is 0 Å². The number of nitrogens with one attached hydrogen (secondary N) is 2. The summed E-state index contributed by atoms with van der Waals surface area (Å²) >= 11 is 0. The molecule has 0 fully saturated rings. The Morgan fingerprint density at radius 1 is 1.14 bits per heavy atom. The fraction of sp³-hybridized carbons (Fsp3) is 0.176. The molecule has 4 nitrogen and oxygen atoms in total. The van der Waals surface area contributed by atoms with Crippen molar-refractivity contribution in [3.8, 4) is 6.07 Å². The van der Waals surface area contributed by atoms with Gasteiger partial charge in [0.05, 0.1) is 11.6 Å². The molecule has 0 aliphatic rings. The second-order valence-electron chi connectivity index (χ2n) is 4.64. The van der Waals surface area contributed by atoms with E-state index < -0.39 is 0 Å². The lowest BCUT2D eigenvalue weighted by molar-refractivity contribution is -0.115. The number of anilines is 2. The Balaban J connectivity index is 1.94. The molecular weight excluding hydrogens is 262 g/mol. The van der Waals surface area contributed by atoms with Crippen LogP contribution in [0.25, 0.3) is 0 Å². The second kappa shape index (κ2) is 7.11. The van der Waals surface area contributed by atoms with Crippen LogP contribution in [0.5, 0.6) is 0 Å². The molecule has 0 aliphatic heterocycles. The van der Waals surface area contributed by atoms with Gasteiger partial charge in [0.1, 0.15) is 0 Å². The van der Waals surface area contributed by atoms with Crippen LogP contribution in [-0.4, -0.2) is 5.91 Å². The van der Waals surface area contributed by atoms with E-state index in [1.165, 1.54) is 0 Å². The zero-order chi connectivity index (χ0) is 15.1. The topological polar surface area (TPSA) is 64.9 Å².